The summed E-state index contributed by atoms with van der Waals surface area (Å²) in [5.41, 5.74) is 20.5. The van der Waals surface area contributed by atoms with Crippen LogP contribution in [0.15, 0.2) is 182 Å². The summed E-state index contributed by atoms with van der Waals surface area (Å²) in [6.45, 7) is 9.37. The zero-order chi connectivity index (χ0) is 43.5. The zero-order valence-electron chi connectivity index (χ0n) is 36.9. The van der Waals surface area contributed by atoms with Crippen LogP contribution in [-0.2, 0) is 17.4 Å². The Kier molecular flexibility index (Phi) is 8.48. The summed E-state index contributed by atoms with van der Waals surface area (Å²) in [5.74, 6) is 0.890. The van der Waals surface area contributed by atoms with Crippen LogP contribution in [0.25, 0.3) is 99.1 Å². The van der Waals surface area contributed by atoms with Crippen molar-refractivity contribution in [2.24, 2.45) is 0 Å². The summed E-state index contributed by atoms with van der Waals surface area (Å²) in [7, 11) is 1.75. The zero-order valence-corrected chi connectivity index (χ0v) is 36.9. The van der Waals surface area contributed by atoms with E-state index in [0.29, 0.717) is 0 Å². The number of rotatable bonds is 6. The molecule has 2 nitrogen and oxygen atoms in total. The lowest BCUT2D eigenvalue weighted by Gasteiger charge is -2.23. The molecule has 1 N–H and O–H groups in total. The van der Waals surface area contributed by atoms with E-state index in [9.17, 15) is 5.11 Å². The van der Waals surface area contributed by atoms with Gasteiger partial charge in [0.25, 0.3) is 0 Å². The van der Waals surface area contributed by atoms with Crippen molar-refractivity contribution in [1.29, 1.82) is 0 Å². The third-order valence-corrected chi connectivity index (χ3v) is 14.7. The molecule has 0 aliphatic heterocycles. The quantitative estimate of drug-likeness (QED) is 0.169. The highest BCUT2D eigenvalue weighted by Crippen LogP contribution is 2.53. The van der Waals surface area contributed by atoms with E-state index in [0.717, 1.165) is 11.3 Å². The number of ether oxygens (including phenoxy) is 1. The summed E-state index contributed by atoms with van der Waals surface area (Å²) in [5, 5.41) is 17.5. The van der Waals surface area contributed by atoms with Crippen LogP contribution in [-0.4, -0.2) is 12.2 Å². The van der Waals surface area contributed by atoms with Gasteiger partial charge in [0.05, 0.1) is 13.7 Å². The van der Waals surface area contributed by atoms with Gasteiger partial charge in [0.1, 0.15) is 5.75 Å². The van der Waals surface area contributed by atoms with E-state index in [1.54, 1.807) is 7.11 Å². The van der Waals surface area contributed by atoms with Crippen molar-refractivity contribution in [2.45, 2.75) is 45.1 Å². The molecule has 12 rings (SSSR count). The number of fused-ring (bicyclic) bond motifs is 11. The summed E-state index contributed by atoms with van der Waals surface area (Å²) in [6, 6.07) is 67.8. The molecule has 10 aromatic carbocycles. The minimum absolute atomic E-state index is 0.0367. The van der Waals surface area contributed by atoms with E-state index in [2.05, 4.69) is 210 Å². The average Bonchev–Trinajstić information content (AvgIpc) is 3.71. The molecule has 2 heteroatoms. The molecule has 0 radical (unpaired) electrons. The molecule has 2 aliphatic rings. The first kappa shape index (κ1) is 38.4. The fraction of sp³-hybridized carbons (Fsp3) is 0.129. The topological polar surface area (TPSA) is 29.5 Å². The SMILES string of the molecule is COc1ccc2c(c1)C(C)(C)c1cc(-c3cc4c5cc(-c6ccccc6)ccc5c(-c5ccc6c(c5)C(C)(C)c5cc(CO)ccc5-6)cc4c4cc(-c5ccccc5)ccc34)ccc1-2. The minimum atomic E-state index is -0.219. The maximum Gasteiger partial charge on any atom is 0.119 e. The second kappa shape index (κ2) is 14.1. The minimum Gasteiger partial charge on any atom is -0.497 e. The molecular weight excluding hydrogens is 777 g/mol. The van der Waals surface area contributed by atoms with Gasteiger partial charge in [0.15, 0.2) is 0 Å². The van der Waals surface area contributed by atoms with Crippen LogP contribution in [0, 0.1) is 0 Å². The van der Waals surface area contributed by atoms with Gasteiger partial charge in [-0.25, -0.2) is 0 Å². The Morgan fingerprint density at radius 1 is 0.344 bits per heavy atom. The number of benzene rings is 10. The molecule has 0 amide bonds. The van der Waals surface area contributed by atoms with Gasteiger partial charge in [-0.15, -0.1) is 0 Å². The first-order chi connectivity index (χ1) is 31.1. The highest BCUT2D eigenvalue weighted by atomic mass is 16.5. The van der Waals surface area contributed by atoms with E-state index < -0.39 is 0 Å². The van der Waals surface area contributed by atoms with Crippen LogP contribution in [0.4, 0.5) is 0 Å². The summed E-state index contributed by atoms with van der Waals surface area (Å²) in [4.78, 5) is 0. The molecule has 10 aromatic rings. The molecule has 0 bridgehead atoms. The molecule has 0 atom stereocenters. The van der Waals surface area contributed by atoms with Crippen LogP contribution in [0.1, 0.15) is 55.5 Å². The predicted molar refractivity (Wildman–Crippen MR) is 268 cm³/mol. The summed E-state index contributed by atoms with van der Waals surface area (Å²) >= 11 is 0. The first-order valence-corrected chi connectivity index (χ1v) is 22.4. The maximum absolute atomic E-state index is 10.1. The van der Waals surface area contributed by atoms with E-state index in [4.69, 9.17) is 4.74 Å². The van der Waals surface area contributed by atoms with E-state index >= 15 is 0 Å². The second-order valence-electron chi connectivity index (χ2n) is 18.9. The van der Waals surface area contributed by atoms with E-state index in [1.165, 1.54) is 121 Å². The number of hydrogen-bond donors (Lipinski definition) is 1. The van der Waals surface area contributed by atoms with Crippen molar-refractivity contribution in [3.8, 4) is 72.5 Å². The first-order valence-electron chi connectivity index (χ1n) is 22.4. The number of methoxy groups -OCH3 is 1. The lowest BCUT2D eigenvalue weighted by atomic mass is 9.80. The number of aliphatic hydroxyl groups is 1. The lowest BCUT2D eigenvalue weighted by molar-refractivity contribution is 0.281. The highest BCUT2D eigenvalue weighted by molar-refractivity contribution is 6.25. The highest BCUT2D eigenvalue weighted by Gasteiger charge is 2.37. The standard InChI is InChI=1S/C62H48O2/c1-61(2)57-28-37(36-63)16-22-47(57)48-25-19-42(31-58(48)61)51-34-55-54-30-41(39-14-10-7-11-15-39)18-24-46(54)52(35-56(55)53-29-40(17-23-45(51)53)38-12-8-6-9-13-38)43-20-26-49-50-27-21-44(64-5)33-60(50)62(3,4)59(49)32-43/h6-35,63H,36H2,1-5H3. The van der Waals surface area contributed by atoms with Crippen molar-refractivity contribution in [2.75, 3.05) is 7.11 Å². The Balaban J connectivity index is 1.14. The average molecular weight is 825 g/mol. The third kappa shape index (κ3) is 5.69. The Hall–Kier alpha value is -7.26. The van der Waals surface area contributed by atoms with Gasteiger partial charge in [0, 0.05) is 10.8 Å². The molecule has 0 fully saturated rings. The van der Waals surface area contributed by atoms with Crippen molar-refractivity contribution in [1.82, 2.24) is 0 Å². The smallest absolute Gasteiger partial charge is 0.119 e. The summed E-state index contributed by atoms with van der Waals surface area (Å²) in [6.07, 6.45) is 0. The molecule has 64 heavy (non-hydrogen) atoms. The molecule has 0 aromatic heterocycles. The van der Waals surface area contributed by atoms with Gasteiger partial charge < -0.3 is 9.84 Å². The number of aliphatic hydroxyl groups excluding tert-OH is 1. The van der Waals surface area contributed by atoms with Gasteiger partial charge in [0.2, 0.25) is 0 Å². The Labute approximate surface area is 375 Å². The third-order valence-electron chi connectivity index (χ3n) is 14.7. The Morgan fingerprint density at radius 3 is 1.22 bits per heavy atom. The van der Waals surface area contributed by atoms with Crippen LogP contribution in [0.5, 0.6) is 5.75 Å². The van der Waals surface area contributed by atoms with Gasteiger partial charge in [-0.1, -0.05) is 161 Å². The van der Waals surface area contributed by atoms with Gasteiger partial charge in [-0.2, -0.15) is 0 Å². The summed E-state index contributed by atoms with van der Waals surface area (Å²) < 4.78 is 5.71. The molecule has 2 aliphatic carbocycles. The van der Waals surface area contributed by atoms with Gasteiger partial charge in [-0.3, -0.25) is 0 Å². The van der Waals surface area contributed by atoms with Crippen molar-refractivity contribution < 1.29 is 9.84 Å². The van der Waals surface area contributed by atoms with Gasteiger partial charge in [-0.05, 0) is 175 Å². The molecule has 308 valence electrons. The van der Waals surface area contributed by atoms with Crippen molar-refractivity contribution in [3.63, 3.8) is 0 Å². The van der Waals surface area contributed by atoms with Crippen molar-refractivity contribution in [3.05, 3.63) is 210 Å². The Morgan fingerprint density at radius 2 is 0.750 bits per heavy atom. The molecular formula is C62H48O2. The molecule has 0 heterocycles. The van der Waals surface area contributed by atoms with Gasteiger partial charge >= 0.3 is 0 Å². The van der Waals surface area contributed by atoms with E-state index in [-0.39, 0.29) is 17.4 Å². The molecule has 0 unspecified atom stereocenters. The fourth-order valence-corrected chi connectivity index (χ4v) is 11.2. The van der Waals surface area contributed by atoms with Crippen LogP contribution >= 0.6 is 0 Å². The normalized spacial score (nSPS) is 14.1. The van der Waals surface area contributed by atoms with Crippen molar-refractivity contribution >= 4 is 32.3 Å². The maximum atomic E-state index is 10.1. The van der Waals surface area contributed by atoms with Crippen LogP contribution in [0.3, 0.4) is 0 Å². The van der Waals surface area contributed by atoms with Crippen LogP contribution in [0.2, 0.25) is 0 Å². The lowest BCUT2D eigenvalue weighted by Crippen LogP contribution is -2.15. The monoisotopic (exact) mass is 824 g/mol. The van der Waals surface area contributed by atoms with E-state index in [1.807, 2.05) is 0 Å². The number of hydrogen-bond acceptors (Lipinski definition) is 2. The Bertz CT molecular complexity index is 3320. The van der Waals surface area contributed by atoms with Crippen LogP contribution < -0.4 is 4.74 Å². The largest absolute Gasteiger partial charge is 0.497 e. The molecule has 0 saturated heterocycles. The predicted octanol–water partition coefficient (Wildman–Crippen LogP) is 15.9. The fourth-order valence-electron chi connectivity index (χ4n) is 11.2. The molecule has 0 saturated carbocycles. The second-order valence-corrected chi connectivity index (χ2v) is 18.9. The molecule has 0 spiro atoms.